The van der Waals surface area contributed by atoms with Gasteiger partial charge in [0.05, 0.1) is 0 Å². The number of aromatic nitrogens is 3. The molecule has 1 N–H and O–H groups in total. The topological polar surface area (TPSA) is 96.0 Å². The summed E-state index contributed by atoms with van der Waals surface area (Å²) in [5.74, 6) is 0.551. The van der Waals surface area contributed by atoms with Crippen LogP contribution in [0.15, 0.2) is 34.1 Å². The SMILES string of the molecule is CN1CC[C@@H](CNc2c(C#N)c(=O)n(C)c(=O)n2C)[C@@H]1c1cccnc1. The molecule has 1 aliphatic heterocycles. The zero-order valence-electron chi connectivity index (χ0n) is 15.1. The molecule has 0 unspecified atom stereocenters. The lowest BCUT2D eigenvalue weighted by molar-refractivity contribution is 0.281. The lowest BCUT2D eigenvalue weighted by Gasteiger charge is -2.26. The summed E-state index contributed by atoms with van der Waals surface area (Å²) in [6.45, 7) is 1.51. The van der Waals surface area contributed by atoms with Crippen molar-refractivity contribution in [3.05, 3.63) is 56.5 Å². The van der Waals surface area contributed by atoms with Crippen LogP contribution in [0, 0.1) is 17.2 Å². The van der Waals surface area contributed by atoms with Gasteiger partial charge in [0.15, 0.2) is 5.56 Å². The lowest BCUT2D eigenvalue weighted by Crippen LogP contribution is -2.40. The van der Waals surface area contributed by atoms with E-state index in [1.165, 1.54) is 11.6 Å². The summed E-state index contributed by atoms with van der Waals surface area (Å²) in [5.41, 5.74) is 0.0610. The summed E-state index contributed by atoms with van der Waals surface area (Å²) in [5, 5.41) is 12.6. The van der Waals surface area contributed by atoms with E-state index < -0.39 is 11.2 Å². The van der Waals surface area contributed by atoms with Gasteiger partial charge in [0.25, 0.3) is 5.56 Å². The molecule has 26 heavy (non-hydrogen) atoms. The standard InChI is InChI=1S/C18H22N6O2/c1-22-8-6-13(15(22)12-5-4-7-20-10-12)11-21-16-14(9-19)17(25)24(3)18(26)23(16)2/h4-5,7,10,13,15,21H,6,8,11H2,1-3H3/t13-,15-/m0/s1. The van der Waals surface area contributed by atoms with Crippen molar-refractivity contribution in [3.8, 4) is 6.07 Å². The van der Waals surface area contributed by atoms with Crippen molar-refractivity contribution in [2.45, 2.75) is 12.5 Å². The van der Waals surface area contributed by atoms with Gasteiger partial charge in [-0.05, 0) is 37.6 Å². The van der Waals surface area contributed by atoms with Gasteiger partial charge in [-0.1, -0.05) is 6.07 Å². The number of rotatable bonds is 4. The first kappa shape index (κ1) is 17.9. The highest BCUT2D eigenvalue weighted by Crippen LogP contribution is 2.35. The number of anilines is 1. The largest absolute Gasteiger partial charge is 0.370 e. The number of nitriles is 1. The van der Waals surface area contributed by atoms with Gasteiger partial charge in [0.2, 0.25) is 0 Å². The van der Waals surface area contributed by atoms with E-state index in [2.05, 4.69) is 28.3 Å². The summed E-state index contributed by atoms with van der Waals surface area (Å²) < 4.78 is 2.27. The Morgan fingerprint density at radius 3 is 2.73 bits per heavy atom. The Bertz CT molecular complexity index is 957. The molecule has 3 rings (SSSR count). The van der Waals surface area contributed by atoms with Crippen molar-refractivity contribution in [2.24, 2.45) is 20.0 Å². The average Bonchev–Trinajstić information content (AvgIpc) is 3.03. The van der Waals surface area contributed by atoms with E-state index in [9.17, 15) is 14.9 Å². The summed E-state index contributed by atoms with van der Waals surface area (Å²) in [7, 11) is 5.01. The fraction of sp³-hybridized carbons (Fsp3) is 0.444. The highest BCUT2D eigenvalue weighted by molar-refractivity contribution is 5.51. The zero-order valence-corrected chi connectivity index (χ0v) is 15.1. The second kappa shape index (κ2) is 7.14. The molecule has 2 aromatic rings. The van der Waals surface area contributed by atoms with Crippen molar-refractivity contribution < 1.29 is 0 Å². The first-order valence-electron chi connectivity index (χ1n) is 8.49. The predicted molar refractivity (Wildman–Crippen MR) is 97.8 cm³/mol. The van der Waals surface area contributed by atoms with Gasteiger partial charge in [-0.3, -0.25) is 23.8 Å². The fourth-order valence-electron chi connectivity index (χ4n) is 3.70. The smallest absolute Gasteiger partial charge is 0.332 e. The Morgan fingerprint density at radius 1 is 1.31 bits per heavy atom. The van der Waals surface area contributed by atoms with Crippen LogP contribution in [-0.4, -0.2) is 39.2 Å². The minimum Gasteiger partial charge on any atom is -0.370 e. The van der Waals surface area contributed by atoms with Crippen LogP contribution >= 0.6 is 0 Å². The molecule has 1 saturated heterocycles. The van der Waals surface area contributed by atoms with Gasteiger partial charge in [0.1, 0.15) is 11.9 Å². The van der Waals surface area contributed by atoms with Gasteiger partial charge >= 0.3 is 5.69 Å². The second-order valence-corrected chi connectivity index (χ2v) is 6.68. The van der Waals surface area contributed by atoms with Crippen LogP contribution < -0.4 is 16.6 Å². The number of hydrogen-bond donors (Lipinski definition) is 1. The van der Waals surface area contributed by atoms with Crippen molar-refractivity contribution in [1.29, 1.82) is 5.26 Å². The molecule has 1 fully saturated rings. The van der Waals surface area contributed by atoms with Crippen LogP contribution in [0.2, 0.25) is 0 Å². The molecule has 0 aromatic carbocycles. The van der Waals surface area contributed by atoms with E-state index in [1.54, 1.807) is 13.2 Å². The molecule has 0 spiro atoms. The third-order valence-electron chi connectivity index (χ3n) is 5.11. The summed E-state index contributed by atoms with van der Waals surface area (Å²) in [4.78, 5) is 30.9. The molecular formula is C18H22N6O2. The predicted octanol–water partition coefficient (Wildman–Crippen LogP) is 0.456. The Hall–Kier alpha value is -2.92. The zero-order chi connectivity index (χ0) is 18.8. The minimum atomic E-state index is -0.578. The quantitative estimate of drug-likeness (QED) is 0.857. The Morgan fingerprint density at radius 2 is 2.08 bits per heavy atom. The Labute approximate surface area is 151 Å². The Kier molecular flexibility index (Phi) is 4.91. The molecule has 2 atom stereocenters. The number of nitrogens with zero attached hydrogens (tertiary/aromatic N) is 5. The molecule has 8 heteroatoms. The van der Waals surface area contributed by atoms with Gasteiger partial charge in [-0.15, -0.1) is 0 Å². The summed E-state index contributed by atoms with van der Waals surface area (Å²) in [6.07, 6.45) is 4.60. The number of nitrogens with one attached hydrogen (secondary N) is 1. The molecule has 0 aliphatic carbocycles. The first-order valence-corrected chi connectivity index (χ1v) is 8.49. The van der Waals surface area contributed by atoms with Gasteiger partial charge in [-0.2, -0.15) is 5.26 Å². The number of likely N-dealkylation sites (tertiary alicyclic amines) is 1. The van der Waals surface area contributed by atoms with E-state index in [-0.39, 0.29) is 23.3 Å². The maximum absolute atomic E-state index is 12.2. The van der Waals surface area contributed by atoms with Crippen molar-refractivity contribution >= 4 is 5.82 Å². The minimum absolute atomic E-state index is 0.0427. The van der Waals surface area contributed by atoms with Crippen LogP contribution in [0.3, 0.4) is 0 Å². The molecule has 0 radical (unpaired) electrons. The van der Waals surface area contributed by atoms with E-state index in [0.29, 0.717) is 6.54 Å². The van der Waals surface area contributed by atoms with E-state index in [0.717, 1.165) is 23.1 Å². The van der Waals surface area contributed by atoms with Gasteiger partial charge in [0, 0.05) is 39.1 Å². The van der Waals surface area contributed by atoms with Crippen molar-refractivity contribution in [2.75, 3.05) is 25.5 Å². The third kappa shape index (κ3) is 3.02. The van der Waals surface area contributed by atoms with Crippen LogP contribution in [0.25, 0.3) is 0 Å². The van der Waals surface area contributed by atoms with Crippen LogP contribution in [0.4, 0.5) is 5.82 Å². The van der Waals surface area contributed by atoms with E-state index >= 15 is 0 Å². The highest BCUT2D eigenvalue weighted by atomic mass is 16.2. The Balaban J connectivity index is 1.89. The molecule has 2 aromatic heterocycles. The number of hydrogen-bond acceptors (Lipinski definition) is 6. The fourth-order valence-corrected chi connectivity index (χ4v) is 3.70. The molecule has 0 amide bonds. The normalized spacial score (nSPS) is 20.1. The molecule has 1 aliphatic rings. The van der Waals surface area contributed by atoms with Crippen LogP contribution in [0.5, 0.6) is 0 Å². The van der Waals surface area contributed by atoms with Crippen molar-refractivity contribution in [3.63, 3.8) is 0 Å². The summed E-state index contributed by atoms with van der Waals surface area (Å²) in [6, 6.07) is 6.10. The third-order valence-corrected chi connectivity index (χ3v) is 5.11. The maximum Gasteiger partial charge on any atom is 0.332 e. The number of pyridine rings is 1. The maximum atomic E-state index is 12.2. The lowest BCUT2D eigenvalue weighted by atomic mass is 9.95. The van der Waals surface area contributed by atoms with Gasteiger partial charge in [-0.25, -0.2) is 4.79 Å². The van der Waals surface area contributed by atoms with Crippen LogP contribution in [-0.2, 0) is 14.1 Å². The van der Waals surface area contributed by atoms with E-state index in [4.69, 9.17) is 0 Å². The molecular weight excluding hydrogens is 332 g/mol. The second-order valence-electron chi connectivity index (χ2n) is 6.68. The van der Waals surface area contributed by atoms with E-state index in [1.807, 2.05) is 18.3 Å². The summed E-state index contributed by atoms with van der Waals surface area (Å²) >= 11 is 0. The molecule has 0 bridgehead atoms. The van der Waals surface area contributed by atoms with Gasteiger partial charge < -0.3 is 5.32 Å². The molecule has 3 heterocycles. The monoisotopic (exact) mass is 354 g/mol. The molecule has 0 saturated carbocycles. The van der Waals surface area contributed by atoms with Crippen LogP contribution in [0.1, 0.15) is 23.6 Å². The molecule has 8 nitrogen and oxygen atoms in total. The molecule has 136 valence electrons. The van der Waals surface area contributed by atoms with Crippen molar-refractivity contribution in [1.82, 2.24) is 19.0 Å². The first-order chi connectivity index (χ1) is 12.5. The average molecular weight is 354 g/mol. The highest BCUT2D eigenvalue weighted by Gasteiger charge is 2.33.